The molecule has 0 bridgehead atoms. The van der Waals surface area contributed by atoms with Gasteiger partial charge in [0.15, 0.2) is 0 Å². The second-order valence-electron chi connectivity index (χ2n) is 6.15. The minimum absolute atomic E-state index is 0.0760. The zero-order valence-electron chi connectivity index (χ0n) is 13.6. The average molecular weight is 331 g/mol. The average Bonchev–Trinajstić information content (AvgIpc) is 3.07. The smallest absolute Gasteiger partial charge is 0.280 e. The normalized spacial score (nSPS) is 15.3. The van der Waals surface area contributed by atoms with E-state index in [0.717, 1.165) is 24.1 Å². The first-order valence-corrected chi connectivity index (χ1v) is 8.21. The topological polar surface area (TPSA) is 61.0 Å². The van der Waals surface area contributed by atoms with Crippen LogP contribution in [0, 0.1) is 10.1 Å². The fourth-order valence-electron chi connectivity index (χ4n) is 3.63. The highest BCUT2D eigenvalue weighted by Gasteiger charge is 2.29. The number of hydrogen-bond donors (Lipinski definition) is 0. The van der Waals surface area contributed by atoms with E-state index in [1.165, 1.54) is 11.6 Å². The number of imidazole rings is 1. The summed E-state index contributed by atoms with van der Waals surface area (Å²) in [5, 5.41) is 11.4. The molecule has 0 saturated carbocycles. The molecule has 1 unspecified atom stereocenters. The molecule has 0 N–H and O–H groups in total. The van der Waals surface area contributed by atoms with Crippen LogP contribution < -0.4 is 0 Å². The summed E-state index contributed by atoms with van der Waals surface area (Å²) in [7, 11) is 0. The quantitative estimate of drug-likeness (QED) is 0.392. The summed E-state index contributed by atoms with van der Waals surface area (Å²) in [6.07, 6.45) is 5.36. The van der Waals surface area contributed by atoms with Gasteiger partial charge < -0.3 is 4.57 Å². The van der Waals surface area contributed by atoms with Gasteiger partial charge in [-0.05, 0) is 24.5 Å². The zero-order valence-corrected chi connectivity index (χ0v) is 13.6. The van der Waals surface area contributed by atoms with Crippen LogP contribution in [-0.2, 0) is 6.42 Å². The van der Waals surface area contributed by atoms with E-state index >= 15 is 0 Å². The van der Waals surface area contributed by atoms with Crippen molar-refractivity contribution in [1.29, 1.82) is 0 Å². The van der Waals surface area contributed by atoms with Gasteiger partial charge >= 0.3 is 0 Å². The van der Waals surface area contributed by atoms with E-state index in [1.54, 1.807) is 12.1 Å². The molecule has 4 rings (SSSR count). The van der Waals surface area contributed by atoms with Crippen molar-refractivity contribution in [2.45, 2.75) is 18.9 Å². The summed E-state index contributed by atoms with van der Waals surface area (Å²) in [5.74, 6) is 0.642. The molecule has 25 heavy (non-hydrogen) atoms. The molecule has 2 heterocycles. The van der Waals surface area contributed by atoms with E-state index in [-0.39, 0.29) is 16.7 Å². The Bertz CT molecular complexity index is 975. The summed E-state index contributed by atoms with van der Waals surface area (Å²) >= 11 is 0. The van der Waals surface area contributed by atoms with Crippen molar-refractivity contribution < 1.29 is 4.92 Å². The highest BCUT2D eigenvalue weighted by molar-refractivity contribution is 5.74. The Balaban J connectivity index is 1.96. The van der Waals surface area contributed by atoms with E-state index in [9.17, 15) is 10.1 Å². The van der Waals surface area contributed by atoms with E-state index in [0.29, 0.717) is 11.4 Å². The molecule has 1 aliphatic heterocycles. The summed E-state index contributed by atoms with van der Waals surface area (Å²) in [6.45, 7) is 3.87. The van der Waals surface area contributed by atoms with Crippen LogP contribution >= 0.6 is 0 Å². The number of nitro benzene ring substituents is 1. The Labute approximate surface area is 145 Å². The largest absolute Gasteiger partial charge is 0.320 e. The van der Waals surface area contributed by atoms with Crippen LogP contribution in [0.2, 0.25) is 0 Å². The molecule has 5 nitrogen and oxygen atoms in total. The number of fused-ring (bicyclic) bond motifs is 3. The Morgan fingerprint density at radius 2 is 1.92 bits per heavy atom. The van der Waals surface area contributed by atoms with E-state index in [4.69, 9.17) is 0 Å². The molecule has 1 aromatic heterocycles. The maximum absolute atomic E-state index is 11.4. The van der Waals surface area contributed by atoms with Gasteiger partial charge in [-0.2, -0.15) is 0 Å². The molecule has 0 fully saturated rings. The third kappa shape index (κ3) is 2.45. The van der Waals surface area contributed by atoms with Gasteiger partial charge in [0.05, 0.1) is 22.4 Å². The minimum Gasteiger partial charge on any atom is -0.320 e. The molecule has 2 aromatic carbocycles. The third-order valence-corrected chi connectivity index (χ3v) is 4.69. The van der Waals surface area contributed by atoms with Gasteiger partial charge in [-0.3, -0.25) is 10.1 Å². The van der Waals surface area contributed by atoms with Crippen LogP contribution in [0.3, 0.4) is 0 Å². The molecule has 0 spiro atoms. The molecule has 124 valence electrons. The van der Waals surface area contributed by atoms with Gasteiger partial charge in [0, 0.05) is 17.7 Å². The molecule has 1 aliphatic rings. The highest BCUT2D eigenvalue weighted by Crippen LogP contribution is 2.41. The first-order valence-electron chi connectivity index (χ1n) is 8.21. The van der Waals surface area contributed by atoms with Gasteiger partial charge in [-0.15, -0.1) is 6.58 Å². The number of rotatable bonds is 4. The summed E-state index contributed by atoms with van der Waals surface area (Å²) in [4.78, 5) is 15.7. The lowest BCUT2D eigenvalue weighted by Crippen LogP contribution is -2.19. The van der Waals surface area contributed by atoms with Gasteiger partial charge in [0.2, 0.25) is 0 Å². The highest BCUT2D eigenvalue weighted by atomic mass is 16.6. The molecule has 1 atom stereocenters. The predicted octanol–water partition coefficient (Wildman–Crippen LogP) is 4.80. The monoisotopic (exact) mass is 331 g/mol. The maximum atomic E-state index is 11.4. The first-order chi connectivity index (χ1) is 12.2. The number of aromatic nitrogens is 2. The van der Waals surface area contributed by atoms with Crippen molar-refractivity contribution in [2.24, 2.45) is 0 Å². The SMILES string of the molecule is C=CCC1Cc2ccccc2-c2cnc(-c3ccccc3[N+](=O)[O-])n21. The van der Waals surface area contributed by atoms with Crippen molar-refractivity contribution in [3.05, 3.63) is 83.1 Å². The maximum Gasteiger partial charge on any atom is 0.280 e. The third-order valence-electron chi connectivity index (χ3n) is 4.69. The Hall–Kier alpha value is -3.21. The standard InChI is InChI=1S/C20H17N3O2/c1-2-7-15-12-14-8-3-4-9-16(14)19-13-21-20(22(15)19)17-10-5-6-11-18(17)23(24)25/h2-6,8-11,13,15H,1,7,12H2. The van der Waals surface area contributed by atoms with Crippen molar-refractivity contribution in [3.63, 3.8) is 0 Å². The van der Waals surface area contributed by atoms with E-state index in [2.05, 4.69) is 28.3 Å². The van der Waals surface area contributed by atoms with Crippen molar-refractivity contribution in [2.75, 3.05) is 0 Å². The molecular weight excluding hydrogens is 314 g/mol. The van der Waals surface area contributed by atoms with E-state index < -0.39 is 0 Å². The number of nitro groups is 1. The van der Waals surface area contributed by atoms with Crippen LogP contribution in [0.5, 0.6) is 0 Å². The first kappa shape index (κ1) is 15.3. The Morgan fingerprint density at radius 1 is 1.20 bits per heavy atom. The fraction of sp³-hybridized carbons (Fsp3) is 0.150. The van der Waals surface area contributed by atoms with Crippen molar-refractivity contribution in [1.82, 2.24) is 9.55 Å². The lowest BCUT2D eigenvalue weighted by molar-refractivity contribution is -0.384. The number of nitrogens with zero attached hydrogens (tertiary/aromatic N) is 3. The van der Waals surface area contributed by atoms with Crippen LogP contribution in [0.1, 0.15) is 18.0 Å². The Kier molecular flexibility index (Phi) is 3.69. The van der Waals surface area contributed by atoms with Crippen molar-refractivity contribution in [3.8, 4) is 22.6 Å². The van der Waals surface area contributed by atoms with Gasteiger partial charge in [-0.1, -0.05) is 42.5 Å². The Morgan fingerprint density at radius 3 is 2.68 bits per heavy atom. The van der Waals surface area contributed by atoms with Crippen molar-refractivity contribution >= 4 is 5.69 Å². The lowest BCUT2D eigenvalue weighted by atomic mass is 9.92. The molecule has 0 radical (unpaired) electrons. The molecule has 3 aromatic rings. The molecular formula is C20H17N3O2. The second kappa shape index (κ2) is 6.02. The molecule has 0 saturated heterocycles. The molecule has 0 amide bonds. The number of para-hydroxylation sites is 1. The molecule has 5 heteroatoms. The van der Waals surface area contributed by atoms with E-state index in [1.807, 2.05) is 30.5 Å². The number of benzene rings is 2. The summed E-state index contributed by atoms with van der Waals surface area (Å²) < 4.78 is 2.13. The zero-order chi connectivity index (χ0) is 17.4. The van der Waals surface area contributed by atoms with Gasteiger partial charge in [0.25, 0.3) is 5.69 Å². The number of allylic oxidation sites excluding steroid dienone is 1. The minimum atomic E-state index is -0.351. The fourth-order valence-corrected chi connectivity index (χ4v) is 3.63. The van der Waals surface area contributed by atoms with Crippen LogP contribution in [-0.4, -0.2) is 14.5 Å². The van der Waals surface area contributed by atoms with Crippen LogP contribution in [0.25, 0.3) is 22.6 Å². The summed E-state index contributed by atoms with van der Waals surface area (Å²) in [6, 6.07) is 15.2. The second-order valence-corrected chi connectivity index (χ2v) is 6.15. The summed E-state index contributed by atoms with van der Waals surface area (Å²) in [5.41, 5.74) is 4.04. The predicted molar refractivity (Wildman–Crippen MR) is 97.3 cm³/mol. The van der Waals surface area contributed by atoms with Crippen LogP contribution in [0.4, 0.5) is 5.69 Å². The molecule has 0 aliphatic carbocycles. The number of hydrogen-bond acceptors (Lipinski definition) is 3. The van der Waals surface area contributed by atoms with Gasteiger partial charge in [-0.25, -0.2) is 4.98 Å². The van der Waals surface area contributed by atoms with Gasteiger partial charge in [0.1, 0.15) is 5.82 Å². The lowest BCUT2D eigenvalue weighted by Gasteiger charge is -2.28. The van der Waals surface area contributed by atoms with Crippen LogP contribution in [0.15, 0.2) is 67.4 Å².